The Morgan fingerprint density at radius 1 is 1.17 bits per heavy atom. The van der Waals surface area contributed by atoms with Crippen molar-refractivity contribution in [3.63, 3.8) is 0 Å². The van der Waals surface area contributed by atoms with Crippen LogP contribution in [0.1, 0.15) is 35.7 Å². The van der Waals surface area contributed by atoms with Gasteiger partial charge in [-0.2, -0.15) is 0 Å². The molecule has 0 aliphatic carbocycles. The van der Waals surface area contributed by atoms with Crippen LogP contribution in [-0.2, 0) is 4.52 Å². The molecule has 2 aromatic carbocycles. The van der Waals surface area contributed by atoms with E-state index in [0.717, 1.165) is 41.9 Å². The summed E-state index contributed by atoms with van der Waals surface area (Å²) >= 11 is 6.25. The third kappa shape index (κ3) is 5.46. The molecule has 0 saturated carbocycles. The van der Waals surface area contributed by atoms with E-state index in [-0.39, 0.29) is 18.9 Å². The van der Waals surface area contributed by atoms with Gasteiger partial charge in [-0.1, -0.05) is 55.3 Å². The van der Waals surface area contributed by atoms with Crippen LogP contribution in [0.4, 0.5) is 0 Å². The first kappa shape index (κ1) is 20.4. The van der Waals surface area contributed by atoms with Gasteiger partial charge in [-0.05, 0) is 31.0 Å². The van der Waals surface area contributed by atoms with Crippen LogP contribution in [0.5, 0.6) is 0 Å². The molecule has 5 heteroatoms. The molecule has 2 nitrogen and oxygen atoms in total. The standard InChI is InChI=1S/C18H20ClO2P.Li.H/c1-3-4-10-21-22(15-8-6-5-7-9-15)16-11-14(2)17(13-20)18(19)12-16;;/h5-9,11-13H,3-4,10H2,1-2H3;;. The van der Waals surface area contributed by atoms with Gasteiger partial charge in [0.2, 0.25) is 0 Å². The van der Waals surface area contributed by atoms with E-state index >= 15 is 0 Å². The van der Waals surface area contributed by atoms with Crippen LogP contribution in [0.25, 0.3) is 0 Å². The summed E-state index contributed by atoms with van der Waals surface area (Å²) in [7, 11) is -0.913. The molecule has 2 rings (SSSR count). The first-order valence-corrected chi connectivity index (χ1v) is 9.04. The summed E-state index contributed by atoms with van der Waals surface area (Å²) in [5, 5.41) is 2.70. The zero-order chi connectivity index (χ0) is 15.9. The number of halogens is 1. The van der Waals surface area contributed by atoms with Crippen LogP contribution >= 0.6 is 19.7 Å². The zero-order valence-electron chi connectivity index (χ0n) is 12.9. The van der Waals surface area contributed by atoms with Gasteiger partial charge in [-0.25, -0.2) is 0 Å². The monoisotopic (exact) mass is 342 g/mol. The quantitative estimate of drug-likeness (QED) is 0.329. The number of aryl methyl sites for hydroxylation is 1. The van der Waals surface area contributed by atoms with Crippen LogP contribution < -0.4 is 10.6 Å². The number of aldehydes is 1. The fraction of sp³-hybridized carbons (Fsp3) is 0.278. The molecule has 0 radical (unpaired) electrons. The molecule has 0 aliphatic heterocycles. The molecule has 0 aromatic heterocycles. The van der Waals surface area contributed by atoms with E-state index in [9.17, 15) is 4.79 Å². The number of hydrogen-bond donors (Lipinski definition) is 0. The van der Waals surface area contributed by atoms with E-state index in [2.05, 4.69) is 19.1 Å². The van der Waals surface area contributed by atoms with Crippen molar-refractivity contribution in [3.8, 4) is 0 Å². The van der Waals surface area contributed by atoms with E-state index in [1.165, 1.54) is 0 Å². The van der Waals surface area contributed by atoms with Crippen molar-refractivity contribution in [3.05, 3.63) is 58.6 Å². The fourth-order valence-electron chi connectivity index (χ4n) is 2.17. The number of carbonyl (C=O) groups is 1. The molecule has 1 atom stereocenters. The predicted octanol–water partition coefficient (Wildman–Crippen LogP) is 3.98. The molecule has 1 unspecified atom stereocenters. The van der Waals surface area contributed by atoms with Gasteiger partial charge in [-0.15, -0.1) is 0 Å². The molecular formula is C18H21ClLiO2P. The number of benzene rings is 2. The van der Waals surface area contributed by atoms with Gasteiger partial charge in [-0.3, -0.25) is 4.79 Å². The van der Waals surface area contributed by atoms with Gasteiger partial charge < -0.3 is 4.52 Å². The second-order valence-corrected chi connectivity index (χ2v) is 7.38. The predicted molar refractivity (Wildman–Crippen MR) is 102 cm³/mol. The van der Waals surface area contributed by atoms with Gasteiger partial charge >= 0.3 is 18.9 Å². The molecule has 2 aromatic rings. The molecule has 0 bridgehead atoms. The Bertz CT molecular complexity index is 611. The van der Waals surface area contributed by atoms with Gasteiger partial charge in [0.25, 0.3) is 0 Å². The Hall–Kier alpha value is -0.613. The number of rotatable bonds is 7. The molecule has 0 heterocycles. The fourth-order valence-corrected chi connectivity index (χ4v) is 4.46. The minimum absolute atomic E-state index is 0. The first-order chi connectivity index (χ1) is 10.7. The molecule has 0 spiro atoms. The molecule has 0 N–H and O–H groups in total. The van der Waals surface area contributed by atoms with E-state index < -0.39 is 8.15 Å². The van der Waals surface area contributed by atoms with Gasteiger partial charge in [0.1, 0.15) is 0 Å². The Balaban J connectivity index is 0.00000264. The summed E-state index contributed by atoms with van der Waals surface area (Å²) in [6.07, 6.45) is 2.94. The van der Waals surface area contributed by atoms with Crippen molar-refractivity contribution in [1.82, 2.24) is 0 Å². The van der Waals surface area contributed by atoms with E-state index in [1.54, 1.807) is 0 Å². The van der Waals surface area contributed by atoms with Crippen molar-refractivity contribution >= 4 is 55.5 Å². The molecule has 118 valence electrons. The minimum atomic E-state index is -0.913. The molecule has 0 amide bonds. The van der Waals surface area contributed by atoms with Gasteiger partial charge in [0.15, 0.2) is 6.29 Å². The number of unbranched alkanes of at least 4 members (excludes halogenated alkanes) is 1. The zero-order valence-corrected chi connectivity index (χ0v) is 14.5. The van der Waals surface area contributed by atoms with Crippen molar-refractivity contribution in [2.24, 2.45) is 0 Å². The van der Waals surface area contributed by atoms with Crippen LogP contribution in [0.3, 0.4) is 0 Å². The van der Waals surface area contributed by atoms with Gasteiger partial charge in [0.05, 0.1) is 19.8 Å². The number of carbonyl (C=O) groups excluding carboxylic acids is 1. The topological polar surface area (TPSA) is 26.3 Å². The van der Waals surface area contributed by atoms with Crippen LogP contribution in [-0.4, -0.2) is 31.8 Å². The summed E-state index contributed by atoms with van der Waals surface area (Å²) in [6, 6.07) is 14.1. The molecule has 0 aliphatic rings. The van der Waals surface area contributed by atoms with Crippen molar-refractivity contribution < 1.29 is 9.32 Å². The second kappa shape index (κ2) is 10.3. The molecule has 0 saturated heterocycles. The Labute approximate surface area is 156 Å². The van der Waals surface area contributed by atoms with E-state index in [0.29, 0.717) is 10.6 Å². The Morgan fingerprint density at radius 3 is 2.43 bits per heavy atom. The van der Waals surface area contributed by atoms with Crippen LogP contribution in [0.2, 0.25) is 5.02 Å². The van der Waals surface area contributed by atoms with Crippen LogP contribution in [0, 0.1) is 6.92 Å². The maximum absolute atomic E-state index is 11.1. The average molecular weight is 343 g/mol. The summed E-state index contributed by atoms with van der Waals surface area (Å²) in [5.41, 5.74) is 1.45. The van der Waals surface area contributed by atoms with Crippen molar-refractivity contribution in [1.29, 1.82) is 0 Å². The molecule has 0 fully saturated rings. The number of hydrogen-bond acceptors (Lipinski definition) is 2. The maximum atomic E-state index is 11.1. The van der Waals surface area contributed by atoms with Crippen LogP contribution in [0.15, 0.2) is 42.5 Å². The Morgan fingerprint density at radius 2 is 1.87 bits per heavy atom. The van der Waals surface area contributed by atoms with Gasteiger partial charge in [0, 0.05) is 16.2 Å². The van der Waals surface area contributed by atoms with Crippen molar-refractivity contribution in [2.75, 3.05) is 6.61 Å². The first-order valence-electron chi connectivity index (χ1n) is 7.40. The SMILES string of the molecule is CCCCOP(c1ccccc1)c1cc(C)c(C=O)c(Cl)c1.[LiH]. The molecular weight excluding hydrogens is 322 g/mol. The summed E-state index contributed by atoms with van der Waals surface area (Å²) in [5.74, 6) is 0. The molecule has 23 heavy (non-hydrogen) atoms. The summed E-state index contributed by atoms with van der Waals surface area (Å²) in [4.78, 5) is 11.1. The van der Waals surface area contributed by atoms with Crippen molar-refractivity contribution in [2.45, 2.75) is 26.7 Å². The average Bonchev–Trinajstić information content (AvgIpc) is 2.52. The second-order valence-electron chi connectivity index (χ2n) is 5.09. The third-order valence-electron chi connectivity index (χ3n) is 3.38. The normalized spacial score (nSPS) is 11.6. The summed E-state index contributed by atoms with van der Waals surface area (Å²) < 4.78 is 6.16. The summed E-state index contributed by atoms with van der Waals surface area (Å²) in [6.45, 7) is 4.78. The van der Waals surface area contributed by atoms with E-state index in [1.807, 2.05) is 37.3 Å². The third-order valence-corrected chi connectivity index (χ3v) is 5.63. The Kier molecular flexibility index (Phi) is 9.14. The van der Waals surface area contributed by atoms with E-state index in [4.69, 9.17) is 16.1 Å².